The molecule has 0 aliphatic rings. The zero-order chi connectivity index (χ0) is 13.1. The molecule has 0 radical (unpaired) electrons. The van der Waals surface area contributed by atoms with Crippen LogP contribution in [-0.2, 0) is 0 Å². The fraction of sp³-hybridized carbons (Fsp3) is 0. The van der Waals surface area contributed by atoms with Crippen LogP contribution >= 0.6 is 0 Å². The Hall–Kier alpha value is -2.57. The summed E-state index contributed by atoms with van der Waals surface area (Å²) >= 11 is 0. The van der Waals surface area contributed by atoms with Crippen molar-refractivity contribution < 1.29 is 13.5 Å². The van der Waals surface area contributed by atoms with Crippen molar-refractivity contribution in [2.75, 3.05) is 0 Å². The molecule has 1 aromatic carbocycles. The zero-order valence-corrected chi connectivity index (χ0v) is 9.02. The molecular formula is C11H8F2N4O. The lowest BCUT2D eigenvalue weighted by atomic mass is 10.3. The van der Waals surface area contributed by atoms with Crippen LogP contribution in [0.15, 0.2) is 30.6 Å². The highest BCUT2D eigenvalue weighted by molar-refractivity contribution is 5.95. The van der Waals surface area contributed by atoms with Gasteiger partial charge in [-0.3, -0.25) is 5.41 Å². The van der Waals surface area contributed by atoms with Crippen LogP contribution in [-0.4, -0.2) is 15.8 Å². The predicted molar refractivity (Wildman–Crippen MR) is 59.5 cm³/mol. The topological polar surface area (TPSA) is 84.9 Å². The van der Waals surface area contributed by atoms with Crippen molar-refractivity contribution >= 4 is 5.84 Å². The molecule has 0 fully saturated rings. The first-order valence-electron chi connectivity index (χ1n) is 4.86. The van der Waals surface area contributed by atoms with Gasteiger partial charge in [0.2, 0.25) is 5.88 Å². The van der Waals surface area contributed by atoms with Gasteiger partial charge in [-0.05, 0) is 12.1 Å². The molecule has 0 aliphatic carbocycles. The summed E-state index contributed by atoms with van der Waals surface area (Å²) < 4.78 is 30.9. The Labute approximate surface area is 101 Å². The minimum absolute atomic E-state index is 0.0298. The van der Waals surface area contributed by atoms with E-state index in [-0.39, 0.29) is 23.2 Å². The minimum Gasteiger partial charge on any atom is -0.437 e. The Morgan fingerprint density at radius 3 is 2.56 bits per heavy atom. The number of nitrogens with two attached hydrogens (primary N) is 1. The summed E-state index contributed by atoms with van der Waals surface area (Å²) in [7, 11) is 0. The van der Waals surface area contributed by atoms with Gasteiger partial charge in [-0.25, -0.2) is 18.7 Å². The number of amidine groups is 1. The highest BCUT2D eigenvalue weighted by Crippen LogP contribution is 2.22. The van der Waals surface area contributed by atoms with Gasteiger partial charge in [-0.2, -0.15) is 0 Å². The van der Waals surface area contributed by atoms with Gasteiger partial charge in [-0.1, -0.05) is 0 Å². The standard InChI is InChI=1S/C11H8F2N4O/c12-7-2-1-6(5-8(7)13)18-11-9(10(14)15)16-3-4-17-11/h1-5H,(H3,14,15). The summed E-state index contributed by atoms with van der Waals surface area (Å²) in [5.41, 5.74) is 5.32. The van der Waals surface area contributed by atoms with E-state index in [1.165, 1.54) is 18.5 Å². The molecule has 2 aromatic rings. The van der Waals surface area contributed by atoms with Crippen LogP contribution in [0.4, 0.5) is 8.78 Å². The minimum atomic E-state index is -1.04. The van der Waals surface area contributed by atoms with Crippen molar-refractivity contribution in [3.8, 4) is 11.6 Å². The quantitative estimate of drug-likeness (QED) is 0.642. The summed E-state index contributed by atoms with van der Waals surface area (Å²) in [4.78, 5) is 7.64. The Morgan fingerprint density at radius 2 is 1.89 bits per heavy atom. The average Bonchev–Trinajstić information content (AvgIpc) is 2.34. The molecule has 0 atom stereocenters. The van der Waals surface area contributed by atoms with Crippen molar-refractivity contribution in [1.82, 2.24) is 9.97 Å². The van der Waals surface area contributed by atoms with Crippen molar-refractivity contribution in [3.63, 3.8) is 0 Å². The van der Waals surface area contributed by atoms with E-state index in [0.29, 0.717) is 0 Å². The summed E-state index contributed by atoms with van der Waals surface area (Å²) in [5.74, 6) is -2.36. The highest BCUT2D eigenvalue weighted by Gasteiger charge is 2.11. The van der Waals surface area contributed by atoms with E-state index in [9.17, 15) is 8.78 Å². The fourth-order valence-corrected chi connectivity index (χ4v) is 1.24. The maximum atomic E-state index is 13.0. The smallest absolute Gasteiger partial charge is 0.249 e. The van der Waals surface area contributed by atoms with Crippen LogP contribution < -0.4 is 10.5 Å². The SMILES string of the molecule is N=C(N)c1nccnc1Oc1ccc(F)c(F)c1. The Morgan fingerprint density at radius 1 is 1.17 bits per heavy atom. The first kappa shape index (κ1) is 11.9. The molecule has 2 rings (SSSR count). The van der Waals surface area contributed by atoms with Gasteiger partial charge < -0.3 is 10.5 Å². The number of aromatic nitrogens is 2. The maximum Gasteiger partial charge on any atom is 0.249 e. The van der Waals surface area contributed by atoms with Crippen molar-refractivity contribution in [2.45, 2.75) is 0 Å². The van der Waals surface area contributed by atoms with Crippen LogP contribution in [0.3, 0.4) is 0 Å². The number of halogens is 2. The second-order valence-corrected chi connectivity index (χ2v) is 3.30. The van der Waals surface area contributed by atoms with Gasteiger partial charge >= 0.3 is 0 Å². The third-order valence-electron chi connectivity index (χ3n) is 2.03. The summed E-state index contributed by atoms with van der Waals surface area (Å²) in [6.07, 6.45) is 2.68. The molecule has 3 N–H and O–H groups in total. The second kappa shape index (κ2) is 4.74. The zero-order valence-electron chi connectivity index (χ0n) is 9.02. The van der Waals surface area contributed by atoms with Crippen molar-refractivity contribution in [2.24, 2.45) is 5.73 Å². The van der Waals surface area contributed by atoms with Gasteiger partial charge in [0, 0.05) is 18.5 Å². The normalized spacial score (nSPS) is 10.1. The Balaban J connectivity index is 2.34. The lowest BCUT2D eigenvalue weighted by Gasteiger charge is -2.07. The van der Waals surface area contributed by atoms with Gasteiger partial charge in [-0.15, -0.1) is 0 Å². The molecule has 0 amide bonds. The van der Waals surface area contributed by atoms with Crippen LogP contribution in [0.2, 0.25) is 0 Å². The summed E-state index contributed by atoms with van der Waals surface area (Å²) in [5, 5.41) is 7.28. The molecule has 0 saturated carbocycles. The van der Waals surface area contributed by atoms with Crippen molar-refractivity contribution in [1.29, 1.82) is 5.41 Å². The van der Waals surface area contributed by atoms with Gasteiger partial charge in [0.05, 0.1) is 0 Å². The molecule has 0 bridgehead atoms. The summed E-state index contributed by atoms with van der Waals surface area (Å²) in [6, 6.07) is 3.03. The molecule has 5 nitrogen and oxygen atoms in total. The molecule has 0 aliphatic heterocycles. The Kier molecular flexibility index (Phi) is 3.13. The van der Waals surface area contributed by atoms with Gasteiger partial charge in [0.25, 0.3) is 0 Å². The molecule has 7 heteroatoms. The number of nitrogen functional groups attached to an aromatic ring is 1. The third kappa shape index (κ3) is 2.40. The molecule has 1 heterocycles. The first-order valence-corrected chi connectivity index (χ1v) is 4.86. The van der Waals surface area contributed by atoms with Crippen LogP contribution in [0.5, 0.6) is 11.6 Å². The van der Waals surface area contributed by atoms with Crippen LogP contribution in [0.1, 0.15) is 5.69 Å². The number of hydrogen-bond acceptors (Lipinski definition) is 4. The molecule has 18 heavy (non-hydrogen) atoms. The molecule has 0 saturated heterocycles. The monoisotopic (exact) mass is 250 g/mol. The second-order valence-electron chi connectivity index (χ2n) is 3.30. The van der Waals surface area contributed by atoms with E-state index < -0.39 is 11.6 Å². The van der Waals surface area contributed by atoms with E-state index in [4.69, 9.17) is 15.9 Å². The molecule has 92 valence electrons. The molecule has 0 unspecified atom stereocenters. The third-order valence-corrected chi connectivity index (χ3v) is 2.03. The molecular weight excluding hydrogens is 242 g/mol. The van der Waals surface area contributed by atoms with Gasteiger partial charge in [0.15, 0.2) is 17.3 Å². The lowest BCUT2D eigenvalue weighted by Crippen LogP contribution is -2.15. The number of hydrogen-bond donors (Lipinski definition) is 2. The van der Waals surface area contributed by atoms with E-state index >= 15 is 0 Å². The predicted octanol–water partition coefficient (Wildman–Crippen LogP) is 1.83. The fourth-order valence-electron chi connectivity index (χ4n) is 1.24. The largest absolute Gasteiger partial charge is 0.437 e. The first-order chi connectivity index (χ1) is 8.58. The maximum absolute atomic E-state index is 13.0. The van der Waals surface area contributed by atoms with Crippen LogP contribution in [0, 0.1) is 17.0 Å². The molecule has 1 aromatic heterocycles. The van der Waals surface area contributed by atoms with Gasteiger partial charge in [0.1, 0.15) is 11.6 Å². The number of nitrogens with zero attached hydrogens (tertiary/aromatic N) is 2. The lowest BCUT2D eigenvalue weighted by molar-refractivity contribution is 0.444. The Bertz CT molecular complexity index is 603. The van der Waals surface area contributed by atoms with E-state index in [2.05, 4.69) is 9.97 Å². The highest BCUT2D eigenvalue weighted by atomic mass is 19.2. The van der Waals surface area contributed by atoms with Crippen LogP contribution in [0.25, 0.3) is 0 Å². The van der Waals surface area contributed by atoms with Crippen molar-refractivity contribution in [3.05, 3.63) is 47.9 Å². The number of nitrogens with one attached hydrogen (secondary N) is 1. The van der Waals surface area contributed by atoms with E-state index in [1.807, 2.05) is 0 Å². The number of benzene rings is 1. The number of ether oxygens (including phenoxy) is 1. The number of rotatable bonds is 3. The summed E-state index contributed by atoms with van der Waals surface area (Å²) in [6.45, 7) is 0. The average molecular weight is 250 g/mol. The van der Waals surface area contributed by atoms with E-state index in [1.54, 1.807) is 0 Å². The van der Waals surface area contributed by atoms with E-state index in [0.717, 1.165) is 12.1 Å². The molecule has 0 spiro atoms.